The molecule has 17 aromatic rings. The first-order chi connectivity index (χ1) is 40.6. The molecular weight excluding hydrogens is 1030 g/mol. The first-order valence-electron chi connectivity index (χ1n) is 27.6. The number of hydrogen-bond donors (Lipinski definition) is 0. The van der Waals surface area contributed by atoms with Crippen LogP contribution in [0.1, 0.15) is 0 Å². The second-order valence-electron chi connectivity index (χ2n) is 21.1. The highest BCUT2D eigenvalue weighted by Crippen LogP contribution is 2.43. The number of para-hydroxylation sites is 2. The van der Waals surface area contributed by atoms with Crippen LogP contribution >= 0.6 is 22.7 Å². The molecule has 5 nitrogen and oxygen atoms in total. The van der Waals surface area contributed by atoms with E-state index in [1.54, 1.807) is 0 Å². The van der Waals surface area contributed by atoms with Gasteiger partial charge in [-0.05, 0) is 128 Å². The summed E-state index contributed by atoms with van der Waals surface area (Å²) in [5.74, 6) is 1.63. The smallest absolute Gasteiger partial charge is 0.240 e. The van der Waals surface area contributed by atoms with Gasteiger partial charge in [0.05, 0.1) is 22.1 Å². The number of fused-ring (bicyclic) bond motifs is 12. The zero-order chi connectivity index (χ0) is 53.8. The van der Waals surface area contributed by atoms with Crippen molar-refractivity contribution in [3.05, 3.63) is 273 Å². The number of aromatic nitrogens is 5. The third-order valence-electron chi connectivity index (χ3n) is 16.4. The highest BCUT2D eigenvalue weighted by Gasteiger charge is 2.23. The summed E-state index contributed by atoms with van der Waals surface area (Å²) < 4.78 is 9.65. The Hall–Kier alpha value is -10.3. The lowest BCUT2D eigenvalue weighted by Crippen LogP contribution is -2.10. The lowest BCUT2D eigenvalue weighted by Gasteiger charge is -2.15. The normalized spacial score (nSPS) is 11.9. The molecule has 82 heavy (non-hydrogen) atoms. The van der Waals surface area contributed by atoms with E-state index in [0.717, 1.165) is 88.1 Å². The van der Waals surface area contributed by atoms with Crippen LogP contribution < -0.4 is 0 Å². The highest BCUT2D eigenvalue weighted by atomic mass is 32.1. The second-order valence-corrected chi connectivity index (χ2v) is 23.3. The number of nitrogens with zero attached hydrogens (tertiary/aromatic N) is 5. The van der Waals surface area contributed by atoms with Gasteiger partial charge in [0.1, 0.15) is 0 Å². The third-order valence-corrected chi connectivity index (χ3v) is 18.7. The van der Waals surface area contributed by atoms with Crippen molar-refractivity contribution in [2.75, 3.05) is 0 Å². The molecule has 0 atom stereocenters. The van der Waals surface area contributed by atoms with Gasteiger partial charge in [0.15, 0.2) is 5.82 Å². The maximum atomic E-state index is 5.66. The fourth-order valence-corrected chi connectivity index (χ4v) is 14.7. The Balaban J connectivity index is 0.894. The molecule has 0 N–H and O–H groups in total. The van der Waals surface area contributed by atoms with E-state index in [-0.39, 0.29) is 0 Å². The SMILES string of the molecule is c1ccc(-c2ccc(-c3cccc(-c4nc(-n5c6ccccc6c6ccc(-c7ccc8sc9ccccc9c8c7)cc65)nc(-n5c6ccccc6c6ccc(-c7ccc8sc9ccccc9c8c7)cc65)n4)c3)cc2-c2ccccc2)cc1. The molecule has 0 unspecified atom stereocenters. The van der Waals surface area contributed by atoms with Crippen LogP contribution in [0.15, 0.2) is 273 Å². The van der Waals surface area contributed by atoms with Crippen LogP contribution in [0.3, 0.4) is 0 Å². The Morgan fingerprint density at radius 1 is 0.220 bits per heavy atom. The van der Waals surface area contributed by atoms with Crippen LogP contribution in [-0.2, 0) is 0 Å². The van der Waals surface area contributed by atoms with E-state index in [1.165, 1.54) is 57.0 Å². The lowest BCUT2D eigenvalue weighted by molar-refractivity contribution is 0.893. The Morgan fingerprint density at radius 2 is 0.610 bits per heavy atom. The minimum absolute atomic E-state index is 0.531. The van der Waals surface area contributed by atoms with E-state index in [2.05, 4.69) is 282 Å². The zero-order valence-electron chi connectivity index (χ0n) is 44.0. The quantitative estimate of drug-likeness (QED) is 0.152. The van der Waals surface area contributed by atoms with Crippen molar-refractivity contribution < 1.29 is 0 Å². The third kappa shape index (κ3) is 7.55. The van der Waals surface area contributed by atoms with Gasteiger partial charge in [-0.2, -0.15) is 15.0 Å². The van der Waals surface area contributed by atoms with Crippen molar-refractivity contribution >= 4 is 107 Å². The summed E-state index contributed by atoms with van der Waals surface area (Å²) in [7, 11) is 0. The number of hydrogen-bond acceptors (Lipinski definition) is 5. The Kier molecular flexibility index (Phi) is 10.6. The van der Waals surface area contributed by atoms with Crippen molar-refractivity contribution in [3.8, 4) is 78.9 Å². The fourth-order valence-electron chi connectivity index (χ4n) is 12.5. The number of benzene rings is 12. The molecule has 0 saturated heterocycles. The predicted molar refractivity (Wildman–Crippen MR) is 347 cm³/mol. The Labute approximate surface area is 479 Å². The standard InChI is InChI=1S/C75H45N5S2/c1-3-16-46(17-4-1)55-35-30-49(41-62(55)47-18-5-2-6-19-47)48-20-15-21-54(40-48)73-76-74(79-65-26-11-7-22-56(65)58-36-31-52(44-67(58)79)50-33-38-71-63(42-50)60-24-9-13-28-69(60)81-71)78-75(77-73)80-66-27-12-8-23-57(66)59-37-32-53(45-68(59)80)51-34-39-72-64(43-51)61-25-10-14-29-70(61)82-72/h1-45H. The van der Waals surface area contributed by atoms with Gasteiger partial charge < -0.3 is 0 Å². The molecule has 0 bridgehead atoms. The van der Waals surface area contributed by atoms with E-state index in [0.29, 0.717) is 17.7 Å². The summed E-state index contributed by atoms with van der Waals surface area (Å²) >= 11 is 3.68. The monoisotopic (exact) mass is 1080 g/mol. The summed E-state index contributed by atoms with van der Waals surface area (Å²) in [4.78, 5) is 16.8. The molecule has 0 aliphatic rings. The van der Waals surface area contributed by atoms with Crippen molar-refractivity contribution in [2.24, 2.45) is 0 Å². The van der Waals surface area contributed by atoms with E-state index in [1.807, 2.05) is 22.7 Å². The minimum Gasteiger partial charge on any atom is -0.278 e. The van der Waals surface area contributed by atoms with Gasteiger partial charge in [0.2, 0.25) is 11.9 Å². The highest BCUT2D eigenvalue weighted by molar-refractivity contribution is 7.26. The van der Waals surface area contributed by atoms with Gasteiger partial charge in [-0.1, -0.05) is 200 Å². The van der Waals surface area contributed by atoms with Gasteiger partial charge in [0.25, 0.3) is 0 Å². The summed E-state index contributed by atoms with van der Waals surface area (Å²) in [6.07, 6.45) is 0. The zero-order valence-corrected chi connectivity index (χ0v) is 45.7. The average Bonchev–Trinajstić information content (AvgIpc) is 3.27. The fraction of sp³-hybridized carbons (Fsp3) is 0. The van der Waals surface area contributed by atoms with Gasteiger partial charge in [-0.15, -0.1) is 22.7 Å². The van der Waals surface area contributed by atoms with Crippen LogP contribution in [0.4, 0.5) is 0 Å². The predicted octanol–water partition coefficient (Wildman–Crippen LogP) is 20.8. The topological polar surface area (TPSA) is 48.5 Å². The molecule has 17 rings (SSSR count). The molecule has 0 aliphatic carbocycles. The van der Waals surface area contributed by atoms with E-state index < -0.39 is 0 Å². The molecular formula is C75H45N5S2. The summed E-state index contributed by atoms with van der Waals surface area (Å²) in [6.45, 7) is 0. The molecule has 0 radical (unpaired) electrons. The lowest BCUT2D eigenvalue weighted by atomic mass is 9.91. The Bertz CT molecular complexity index is 5170. The number of thiophene rings is 2. The summed E-state index contributed by atoms with van der Waals surface area (Å²) in [6, 6.07) is 98.9. The maximum absolute atomic E-state index is 5.66. The van der Waals surface area contributed by atoms with Gasteiger partial charge in [-0.3, -0.25) is 9.13 Å². The van der Waals surface area contributed by atoms with E-state index in [4.69, 9.17) is 15.0 Å². The Morgan fingerprint density at radius 3 is 1.17 bits per heavy atom. The summed E-state index contributed by atoms with van der Waals surface area (Å²) in [5.41, 5.74) is 16.3. The summed E-state index contributed by atoms with van der Waals surface area (Å²) in [5, 5.41) is 9.59. The van der Waals surface area contributed by atoms with Crippen LogP contribution in [0.2, 0.25) is 0 Å². The van der Waals surface area contributed by atoms with Crippen LogP contribution in [0, 0.1) is 0 Å². The minimum atomic E-state index is 0.531. The van der Waals surface area contributed by atoms with Crippen LogP contribution in [0.5, 0.6) is 0 Å². The van der Waals surface area contributed by atoms with Crippen LogP contribution in [0.25, 0.3) is 163 Å². The first-order valence-corrected chi connectivity index (χ1v) is 29.3. The molecule has 0 saturated carbocycles. The van der Waals surface area contributed by atoms with Gasteiger partial charge in [0, 0.05) is 67.5 Å². The van der Waals surface area contributed by atoms with Crippen molar-refractivity contribution in [2.45, 2.75) is 0 Å². The molecule has 12 aromatic carbocycles. The average molecular weight is 1080 g/mol. The van der Waals surface area contributed by atoms with Crippen molar-refractivity contribution in [3.63, 3.8) is 0 Å². The van der Waals surface area contributed by atoms with Crippen LogP contribution in [-0.4, -0.2) is 24.1 Å². The van der Waals surface area contributed by atoms with Crippen molar-refractivity contribution in [1.82, 2.24) is 24.1 Å². The van der Waals surface area contributed by atoms with E-state index in [9.17, 15) is 0 Å². The van der Waals surface area contributed by atoms with Gasteiger partial charge in [-0.25, -0.2) is 0 Å². The molecule has 5 aromatic heterocycles. The molecule has 0 spiro atoms. The van der Waals surface area contributed by atoms with Gasteiger partial charge >= 0.3 is 0 Å². The second kappa shape index (κ2) is 18.6. The molecule has 0 aliphatic heterocycles. The molecule has 0 amide bonds. The largest absolute Gasteiger partial charge is 0.278 e. The van der Waals surface area contributed by atoms with E-state index >= 15 is 0 Å². The molecule has 0 fully saturated rings. The molecule has 5 heterocycles. The maximum Gasteiger partial charge on any atom is 0.240 e. The first kappa shape index (κ1) is 46.6. The van der Waals surface area contributed by atoms with Crippen molar-refractivity contribution in [1.29, 1.82) is 0 Å². The molecule has 7 heteroatoms. The molecule has 382 valence electrons. The number of rotatable bonds is 8.